The summed E-state index contributed by atoms with van der Waals surface area (Å²) in [5.74, 6) is 1.56. The molecule has 0 heterocycles. The summed E-state index contributed by atoms with van der Waals surface area (Å²) in [7, 11) is 0. The molecular formula is C17H24ClNO. The van der Waals surface area contributed by atoms with Gasteiger partial charge in [0.05, 0.1) is 0 Å². The van der Waals surface area contributed by atoms with E-state index in [0.29, 0.717) is 29.3 Å². The van der Waals surface area contributed by atoms with Crippen molar-refractivity contribution in [2.24, 2.45) is 17.8 Å². The first-order valence-corrected chi connectivity index (χ1v) is 7.49. The Labute approximate surface area is 127 Å². The van der Waals surface area contributed by atoms with E-state index in [1.54, 1.807) is 12.2 Å². The van der Waals surface area contributed by atoms with E-state index in [-0.39, 0.29) is 5.91 Å². The maximum atomic E-state index is 11.8. The number of amides is 1. The molecule has 1 N–H and O–H groups in total. The molecule has 0 aliphatic carbocycles. The molecule has 0 fully saturated rings. The third-order valence-corrected chi connectivity index (χ3v) is 3.74. The van der Waals surface area contributed by atoms with Crippen LogP contribution >= 0.6 is 11.6 Å². The number of carbonyl (C=O) groups is 1. The van der Waals surface area contributed by atoms with Gasteiger partial charge in [0.25, 0.3) is 0 Å². The van der Waals surface area contributed by atoms with Crippen LogP contribution in [0.1, 0.15) is 33.3 Å². The molecule has 0 saturated heterocycles. The molecule has 3 heteroatoms. The van der Waals surface area contributed by atoms with Gasteiger partial charge in [-0.05, 0) is 41.5 Å². The molecular weight excluding hydrogens is 270 g/mol. The van der Waals surface area contributed by atoms with E-state index in [9.17, 15) is 4.79 Å². The summed E-state index contributed by atoms with van der Waals surface area (Å²) >= 11 is 5.90. The molecule has 0 atom stereocenters. The zero-order valence-electron chi connectivity index (χ0n) is 12.7. The molecule has 110 valence electrons. The molecule has 0 aliphatic rings. The standard InChI is InChI=1S/C17H24ClNO/c1-12(2)16(13(3)4)11-19-17(20)9-8-14-6-5-7-15(18)10-14/h5-10,12-13,16H,11H2,1-4H3,(H,19,20)/b9-8+. The number of carbonyl (C=O) groups excluding carboxylic acids is 1. The second-order valence-corrected chi connectivity index (χ2v) is 6.22. The fraction of sp³-hybridized carbons (Fsp3) is 0.471. The summed E-state index contributed by atoms with van der Waals surface area (Å²) in [6.45, 7) is 9.49. The topological polar surface area (TPSA) is 29.1 Å². The monoisotopic (exact) mass is 293 g/mol. The molecule has 1 rings (SSSR count). The number of hydrogen-bond donors (Lipinski definition) is 1. The third kappa shape index (κ3) is 5.79. The van der Waals surface area contributed by atoms with Crippen LogP contribution in [0.15, 0.2) is 30.3 Å². The smallest absolute Gasteiger partial charge is 0.244 e. The van der Waals surface area contributed by atoms with Gasteiger partial charge in [0, 0.05) is 17.6 Å². The fourth-order valence-corrected chi connectivity index (χ4v) is 2.50. The summed E-state index contributed by atoms with van der Waals surface area (Å²) in [5.41, 5.74) is 0.928. The largest absolute Gasteiger partial charge is 0.352 e. The molecule has 0 spiro atoms. The van der Waals surface area contributed by atoms with Crippen LogP contribution in [0.5, 0.6) is 0 Å². The van der Waals surface area contributed by atoms with Crippen LogP contribution in [0.3, 0.4) is 0 Å². The molecule has 20 heavy (non-hydrogen) atoms. The van der Waals surface area contributed by atoms with Crippen molar-refractivity contribution >= 4 is 23.6 Å². The summed E-state index contributed by atoms with van der Waals surface area (Å²) in [6, 6.07) is 7.43. The minimum atomic E-state index is -0.0590. The maximum Gasteiger partial charge on any atom is 0.244 e. The quantitative estimate of drug-likeness (QED) is 0.774. The van der Waals surface area contributed by atoms with Crippen molar-refractivity contribution in [3.8, 4) is 0 Å². The van der Waals surface area contributed by atoms with Gasteiger partial charge < -0.3 is 5.32 Å². The highest BCUT2D eigenvalue weighted by Crippen LogP contribution is 2.19. The van der Waals surface area contributed by atoms with Crippen LogP contribution in [0.25, 0.3) is 6.08 Å². The average Bonchev–Trinajstić information content (AvgIpc) is 2.35. The molecule has 0 aliphatic heterocycles. The highest BCUT2D eigenvalue weighted by molar-refractivity contribution is 6.30. The Morgan fingerprint density at radius 2 is 1.90 bits per heavy atom. The van der Waals surface area contributed by atoms with Crippen LogP contribution in [0.4, 0.5) is 0 Å². The van der Waals surface area contributed by atoms with Crippen molar-refractivity contribution in [1.82, 2.24) is 5.32 Å². The average molecular weight is 294 g/mol. The number of rotatable bonds is 6. The number of hydrogen-bond acceptors (Lipinski definition) is 1. The number of nitrogens with one attached hydrogen (secondary N) is 1. The van der Waals surface area contributed by atoms with Gasteiger partial charge in [-0.2, -0.15) is 0 Å². The van der Waals surface area contributed by atoms with Crippen molar-refractivity contribution < 1.29 is 4.79 Å². The SMILES string of the molecule is CC(C)C(CNC(=O)/C=C/c1cccc(Cl)c1)C(C)C. The Morgan fingerprint density at radius 3 is 2.45 bits per heavy atom. The van der Waals surface area contributed by atoms with Crippen LogP contribution in [0.2, 0.25) is 5.02 Å². The highest BCUT2D eigenvalue weighted by atomic mass is 35.5. The molecule has 1 aromatic rings. The molecule has 0 saturated carbocycles. The van der Waals surface area contributed by atoms with Gasteiger partial charge in [0.2, 0.25) is 5.91 Å². The second kappa shape index (κ2) is 8.11. The van der Waals surface area contributed by atoms with Gasteiger partial charge in [0.15, 0.2) is 0 Å². The van der Waals surface area contributed by atoms with Gasteiger partial charge >= 0.3 is 0 Å². The summed E-state index contributed by atoms with van der Waals surface area (Å²) in [6.07, 6.45) is 3.34. The lowest BCUT2D eigenvalue weighted by atomic mass is 9.85. The van der Waals surface area contributed by atoms with E-state index in [1.807, 2.05) is 24.3 Å². The normalized spacial score (nSPS) is 11.8. The molecule has 0 bridgehead atoms. The Hall–Kier alpha value is -1.28. The van der Waals surface area contributed by atoms with E-state index in [4.69, 9.17) is 11.6 Å². The summed E-state index contributed by atoms with van der Waals surface area (Å²) in [5, 5.41) is 3.64. The fourth-order valence-electron chi connectivity index (χ4n) is 2.30. The Balaban J connectivity index is 2.51. The lowest BCUT2D eigenvalue weighted by molar-refractivity contribution is -0.116. The van der Waals surface area contributed by atoms with E-state index in [0.717, 1.165) is 5.56 Å². The van der Waals surface area contributed by atoms with Crippen molar-refractivity contribution in [2.75, 3.05) is 6.54 Å². The van der Waals surface area contributed by atoms with Crippen molar-refractivity contribution in [2.45, 2.75) is 27.7 Å². The van der Waals surface area contributed by atoms with Gasteiger partial charge in [-0.15, -0.1) is 0 Å². The van der Waals surface area contributed by atoms with Crippen molar-refractivity contribution in [3.05, 3.63) is 40.9 Å². The van der Waals surface area contributed by atoms with E-state index in [1.165, 1.54) is 0 Å². The predicted molar refractivity (Wildman–Crippen MR) is 86.7 cm³/mol. The van der Waals surface area contributed by atoms with Gasteiger partial charge in [-0.25, -0.2) is 0 Å². The number of benzene rings is 1. The Bertz CT molecular complexity index is 458. The van der Waals surface area contributed by atoms with Gasteiger partial charge in [-0.1, -0.05) is 51.4 Å². The van der Waals surface area contributed by atoms with E-state index >= 15 is 0 Å². The van der Waals surface area contributed by atoms with E-state index in [2.05, 4.69) is 33.0 Å². The summed E-state index contributed by atoms with van der Waals surface area (Å²) in [4.78, 5) is 11.8. The van der Waals surface area contributed by atoms with Crippen LogP contribution in [0, 0.1) is 17.8 Å². The zero-order valence-corrected chi connectivity index (χ0v) is 13.4. The molecule has 0 aromatic heterocycles. The zero-order chi connectivity index (χ0) is 15.1. The molecule has 1 aromatic carbocycles. The van der Waals surface area contributed by atoms with Crippen LogP contribution in [-0.4, -0.2) is 12.5 Å². The second-order valence-electron chi connectivity index (χ2n) is 5.79. The van der Waals surface area contributed by atoms with Crippen molar-refractivity contribution in [3.63, 3.8) is 0 Å². The molecule has 1 amide bonds. The predicted octanol–water partition coefficient (Wildman–Crippen LogP) is 4.40. The molecule has 0 radical (unpaired) electrons. The van der Waals surface area contributed by atoms with Gasteiger partial charge in [0.1, 0.15) is 0 Å². The van der Waals surface area contributed by atoms with Crippen LogP contribution < -0.4 is 5.32 Å². The first-order chi connectivity index (χ1) is 9.40. The first-order valence-electron chi connectivity index (χ1n) is 7.11. The van der Waals surface area contributed by atoms with Crippen molar-refractivity contribution in [1.29, 1.82) is 0 Å². The first kappa shape index (κ1) is 16.8. The molecule has 2 nitrogen and oxygen atoms in total. The molecule has 0 unspecified atom stereocenters. The highest BCUT2D eigenvalue weighted by Gasteiger charge is 2.17. The Kier molecular flexibility index (Phi) is 6.80. The lowest BCUT2D eigenvalue weighted by Gasteiger charge is -2.24. The minimum absolute atomic E-state index is 0.0590. The maximum absolute atomic E-state index is 11.8. The lowest BCUT2D eigenvalue weighted by Crippen LogP contribution is -2.32. The van der Waals surface area contributed by atoms with Crippen LogP contribution in [-0.2, 0) is 4.79 Å². The summed E-state index contributed by atoms with van der Waals surface area (Å²) < 4.78 is 0. The Morgan fingerprint density at radius 1 is 1.25 bits per heavy atom. The third-order valence-electron chi connectivity index (χ3n) is 3.50. The van der Waals surface area contributed by atoms with Gasteiger partial charge in [-0.3, -0.25) is 4.79 Å². The van der Waals surface area contributed by atoms with E-state index < -0.39 is 0 Å². The minimum Gasteiger partial charge on any atom is -0.352 e. The number of halogens is 1.